The van der Waals surface area contributed by atoms with E-state index >= 15 is 0 Å². The van der Waals surface area contributed by atoms with Crippen molar-refractivity contribution in [2.75, 3.05) is 46.4 Å². The van der Waals surface area contributed by atoms with Crippen LogP contribution in [0.4, 0.5) is 0 Å². The molecule has 1 fully saturated rings. The predicted octanol–water partition coefficient (Wildman–Crippen LogP) is 2.71. The highest BCUT2D eigenvalue weighted by Crippen LogP contribution is 2.18. The molecule has 0 aromatic heterocycles. The number of piperidine rings is 1. The first-order valence-corrected chi connectivity index (χ1v) is 7.99. The van der Waals surface area contributed by atoms with Crippen molar-refractivity contribution in [1.82, 2.24) is 9.80 Å². The molecular weight excluding hydrogens is 236 g/mol. The van der Waals surface area contributed by atoms with Gasteiger partial charge >= 0.3 is 0 Å². The lowest BCUT2D eigenvalue weighted by Crippen LogP contribution is -2.39. The van der Waals surface area contributed by atoms with E-state index in [0.29, 0.717) is 6.04 Å². The number of hydrogen-bond acceptors (Lipinski definition) is 3. The van der Waals surface area contributed by atoms with Crippen LogP contribution in [0, 0.1) is 11.8 Å². The second kappa shape index (κ2) is 8.93. The molecule has 0 aromatic rings. The standard InChI is InChI=1S/C16H34N2O/c1-14(2)12-17(5)10-11-19-13-16-6-8-18(9-7-16)15(3)4/h14-16H,6-13H2,1-5H3. The molecule has 0 spiro atoms. The molecule has 114 valence electrons. The molecule has 0 aliphatic carbocycles. The van der Waals surface area contributed by atoms with Crippen LogP contribution in [0.3, 0.4) is 0 Å². The van der Waals surface area contributed by atoms with Gasteiger partial charge in [0.15, 0.2) is 0 Å². The second-order valence-electron chi connectivity index (χ2n) is 6.80. The summed E-state index contributed by atoms with van der Waals surface area (Å²) in [6, 6.07) is 0.701. The van der Waals surface area contributed by atoms with E-state index in [4.69, 9.17) is 4.74 Å². The van der Waals surface area contributed by atoms with Gasteiger partial charge in [-0.25, -0.2) is 0 Å². The molecule has 1 heterocycles. The quantitative estimate of drug-likeness (QED) is 0.631. The molecule has 1 saturated heterocycles. The monoisotopic (exact) mass is 270 g/mol. The molecule has 19 heavy (non-hydrogen) atoms. The van der Waals surface area contributed by atoms with Gasteiger partial charge in [-0.05, 0) is 58.7 Å². The lowest BCUT2D eigenvalue weighted by Gasteiger charge is -2.34. The van der Waals surface area contributed by atoms with E-state index in [-0.39, 0.29) is 0 Å². The average molecular weight is 270 g/mol. The average Bonchev–Trinajstić information content (AvgIpc) is 2.34. The third-order valence-corrected chi connectivity index (χ3v) is 4.03. The largest absolute Gasteiger partial charge is 0.380 e. The first-order valence-electron chi connectivity index (χ1n) is 7.99. The molecule has 0 atom stereocenters. The maximum absolute atomic E-state index is 5.86. The first kappa shape index (κ1) is 16.9. The number of likely N-dealkylation sites (tertiary alicyclic amines) is 1. The Kier molecular flexibility index (Phi) is 7.96. The molecule has 0 amide bonds. The summed E-state index contributed by atoms with van der Waals surface area (Å²) in [5, 5.41) is 0. The number of ether oxygens (including phenoxy) is 1. The zero-order valence-corrected chi connectivity index (χ0v) is 13.7. The smallest absolute Gasteiger partial charge is 0.0593 e. The fourth-order valence-corrected chi connectivity index (χ4v) is 2.82. The molecule has 0 saturated carbocycles. The molecule has 0 aromatic carbocycles. The minimum atomic E-state index is 0.701. The Morgan fingerprint density at radius 3 is 2.32 bits per heavy atom. The van der Waals surface area contributed by atoms with Gasteiger partial charge in [-0.3, -0.25) is 0 Å². The summed E-state index contributed by atoms with van der Waals surface area (Å²) in [5.74, 6) is 1.52. The Labute approximate surface area is 120 Å². The minimum Gasteiger partial charge on any atom is -0.380 e. The van der Waals surface area contributed by atoms with Crippen LogP contribution < -0.4 is 0 Å². The van der Waals surface area contributed by atoms with Crippen LogP contribution in [0.2, 0.25) is 0 Å². The zero-order chi connectivity index (χ0) is 14.3. The van der Waals surface area contributed by atoms with Crippen LogP contribution in [-0.2, 0) is 4.74 Å². The van der Waals surface area contributed by atoms with E-state index in [1.165, 1.54) is 25.9 Å². The molecule has 1 aliphatic heterocycles. The van der Waals surface area contributed by atoms with Gasteiger partial charge in [-0.15, -0.1) is 0 Å². The highest BCUT2D eigenvalue weighted by Gasteiger charge is 2.20. The fraction of sp³-hybridized carbons (Fsp3) is 1.00. The summed E-state index contributed by atoms with van der Waals surface area (Å²) in [4.78, 5) is 4.94. The fourth-order valence-electron chi connectivity index (χ4n) is 2.82. The molecule has 0 N–H and O–H groups in total. The Hall–Kier alpha value is -0.120. The first-order chi connectivity index (χ1) is 8.99. The lowest BCUT2D eigenvalue weighted by molar-refractivity contribution is 0.0499. The second-order valence-corrected chi connectivity index (χ2v) is 6.80. The third-order valence-electron chi connectivity index (χ3n) is 4.03. The zero-order valence-electron chi connectivity index (χ0n) is 13.7. The van der Waals surface area contributed by atoms with Gasteiger partial charge in [0.25, 0.3) is 0 Å². The van der Waals surface area contributed by atoms with Gasteiger partial charge in [0, 0.05) is 25.7 Å². The van der Waals surface area contributed by atoms with E-state index in [2.05, 4.69) is 44.5 Å². The predicted molar refractivity (Wildman–Crippen MR) is 82.6 cm³/mol. The van der Waals surface area contributed by atoms with Crippen molar-refractivity contribution in [2.24, 2.45) is 11.8 Å². The van der Waals surface area contributed by atoms with Crippen LogP contribution in [0.5, 0.6) is 0 Å². The molecule has 0 bridgehead atoms. The van der Waals surface area contributed by atoms with E-state index in [0.717, 1.165) is 38.1 Å². The summed E-state index contributed by atoms with van der Waals surface area (Å²) in [6.45, 7) is 15.7. The van der Waals surface area contributed by atoms with Gasteiger partial charge in [-0.1, -0.05) is 13.8 Å². The maximum atomic E-state index is 5.86. The molecule has 0 unspecified atom stereocenters. The van der Waals surface area contributed by atoms with E-state index < -0.39 is 0 Å². The van der Waals surface area contributed by atoms with Gasteiger partial charge < -0.3 is 14.5 Å². The Bertz CT molecular complexity index is 223. The Morgan fingerprint density at radius 1 is 1.16 bits per heavy atom. The highest BCUT2D eigenvalue weighted by molar-refractivity contribution is 4.74. The van der Waals surface area contributed by atoms with Crippen molar-refractivity contribution < 1.29 is 4.74 Å². The summed E-state index contributed by atoms with van der Waals surface area (Å²) in [5.41, 5.74) is 0. The van der Waals surface area contributed by atoms with Crippen molar-refractivity contribution in [3.05, 3.63) is 0 Å². The molecule has 3 heteroatoms. The molecular formula is C16H34N2O. The maximum Gasteiger partial charge on any atom is 0.0593 e. The summed E-state index contributed by atoms with van der Waals surface area (Å²) in [7, 11) is 2.19. The Balaban J connectivity index is 2.02. The lowest BCUT2D eigenvalue weighted by atomic mass is 9.97. The molecule has 1 aliphatic rings. The molecule has 3 nitrogen and oxygen atoms in total. The Morgan fingerprint density at radius 2 is 1.79 bits per heavy atom. The molecule has 0 radical (unpaired) electrons. The van der Waals surface area contributed by atoms with Crippen molar-refractivity contribution in [1.29, 1.82) is 0 Å². The topological polar surface area (TPSA) is 15.7 Å². The third kappa shape index (κ3) is 7.28. The minimum absolute atomic E-state index is 0.701. The van der Waals surface area contributed by atoms with Gasteiger partial charge in [0.1, 0.15) is 0 Å². The number of nitrogens with zero attached hydrogens (tertiary/aromatic N) is 2. The van der Waals surface area contributed by atoms with Gasteiger partial charge in [-0.2, -0.15) is 0 Å². The number of likely N-dealkylation sites (N-methyl/N-ethyl adjacent to an activating group) is 1. The van der Waals surface area contributed by atoms with Crippen molar-refractivity contribution >= 4 is 0 Å². The number of rotatable bonds is 8. The van der Waals surface area contributed by atoms with E-state index in [9.17, 15) is 0 Å². The molecule has 1 rings (SSSR count). The van der Waals surface area contributed by atoms with Crippen molar-refractivity contribution in [2.45, 2.75) is 46.6 Å². The van der Waals surface area contributed by atoms with Crippen molar-refractivity contribution in [3.63, 3.8) is 0 Å². The number of hydrogen-bond donors (Lipinski definition) is 0. The van der Waals surface area contributed by atoms with Crippen LogP contribution in [0.1, 0.15) is 40.5 Å². The SMILES string of the molecule is CC(C)CN(C)CCOCC1CCN(C(C)C)CC1. The summed E-state index contributed by atoms with van der Waals surface area (Å²) >= 11 is 0. The van der Waals surface area contributed by atoms with Gasteiger partial charge in [0.05, 0.1) is 6.61 Å². The van der Waals surface area contributed by atoms with Crippen molar-refractivity contribution in [3.8, 4) is 0 Å². The van der Waals surface area contributed by atoms with Crippen LogP contribution in [0.25, 0.3) is 0 Å². The van der Waals surface area contributed by atoms with Crippen LogP contribution >= 0.6 is 0 Å². The van der Waals surface area contributed by atoms with E-state index in [1.807, 2.05) is 0 Å². The van der Waals surface area contributed by atoms with Gasteiger partial charge in [0.2, 0.25) is 0 Å². The van der Waals surface area contributed by atoms with Crippen LogP contribution in [0.15, 0.2) is 0 Å². The van der Waals surface area contributed by atoms with Crippen LogP contribution in [-0.4, -0.2) is 62.3 Å². The normalized spacial score (nSPS) is 18.9. The summed E-state index contributed by atoms with van der Waals surface area (Å²) in [6.07, 6.45) is 2.61. The highest BCUT2D eigenvalue weighted by atomic mass is 16.5. The van der Waals surface area contributed by atoms with E-state index in [1.54, 1.807) is 0 Å². The summed E-state index contributed by atoms with van der Waals surface area (Å²) < 4.78 is 5.86.